The van der Waals surface area contributed by atoms with Crippen LogP contribution in [-0.2, 0) is 11.3 Å². The van der Waals surface area contributed by atoms with Crippen LogP contribution in [0.5, 0.6) is 5.75 Å². The maximum atomic E-state index is 12.7. The molecule has 2 fully saturated rings. The van der Waals surface area contributed by atoms with Gasteiger partial charge in [0.15, 0.2) is 0 Å². The second-order valence-corrected chi connectivity index (χ2v) is 7.86. The molecule has 2 aliphatic rings. The molecule has 1 saturated heterocycles. The molecule has 0 amide bonds. The molecular formula is C17H20F3NO3S. The third-order valence-corrected chi connectivity index (χ3v) is 6.00. The van der Waals surface area contributed by atoms with Gasteiger partial charge in [-0.15, -0.1) is 0 Å². The number of carboxylic acids is 1. The van der Waals surface area contributed by atoms with Gasteiger partial charge < -0.3 is 9.84 Å². The number of hydrogen-bond acceptors (Lipinski definition) is 4. The van der Waals surface area contributed by atoms with Gasteiger partial charge in [-0.1, -0.05) is 12.5 Å². The highest BCUT2D eigenvalue weighted by atomic mass is 32.2. The van der Waals surface area contributed by atoms with Gasteiger partial charge in [0.2, 0.25) is 0 Å². The van der Waals surface area contributed by atoms with Crippen molar-refractivity contribution in [2.75, 3.05) is 20.2 Å². The molecule has 1 N–H and O–H groups in total. The molecule has 2 atom stereocenters. The Bertz CT molecular complexity index is 667. The molecule has 138 valence electrons. The van der Waals surface area contributed by atoms with E-state index >= 15 is 0 Å². The number of hydrogen-bond donors (Lipinski definition) is 1. The Morgan fingerprint density at radius 2 is 2.24 bits per heavy atom. The summed E-state index contributed by atoms with van der Waals surface area (Å²) in [6, 6.07) is 4.76. The molecule has 0 aromatic heterocycles. The first-order valence-corrected chi connectivity index (χ1v) is 8.93. The van der Waals surface area contributed by atoms with Gasteiger partial charge in [-0.3, -0.25) is 9.69 Å². The fraction of sp³-hybridized carbons (Fsp3) is 0.588. The number of aliphatic carboxylic acids is 1. The number of likely N-dealkylation sites (tertiary alicyclic amines) is 1. The van der Waals surface area contributed by atoms with Crippen molar-refractivity contribution in [3.63, 3.8) is 0 Å². The van der Waals surface area contributed by atoms with Crippen LogP contribution in [0.2, 0.25) is 0 Å². The Kier molecular flexibility index (Phi) is 4.94. The topological polar surface area (TPSA) is 49.8 Å². The SMILES string of the molecule is COc1ccc(CN2C[C@@H]3CCC[C@@]3(C(=O)O)C2)cc1SC(F)(F)F. The van der Waals surface area contributed by atoms with Crippen LogP contribution in [0.15, 0.2) is 23.1 Å². The van der Waals surface area contributed by atoms with Crippen molar-refractivity contribution < 1.29 is 27.8 Å². The molecule has 25 heavy (non-hydrogen) atoms. The molecular weight excluding hydrogens is 355 g/mol. The lowest BCUT2D eigenvalue weighted by atomic mass is 9.81. The first kappa shape index (κ1) is 18.4. The monoisotopic (exact) mass is 375 g/mol. The highest BCUT2D eigenvalue weighted by Crippen LogP contribution is 2.49. The van der Waals surface area contributed by atoms with Crippen molar-refractivity contribution in [3.05, 3.63) is 23.8 Å². The summed E-state index contributed by atoms with van der Waals surface area (Å²) in [6.45, 7) is 1.59. The number of thioether (sulfide) groups is 1. The van der Waals surface area contributed by atoms with Gasteiger partial charge in [-0.05, 0) is 48.2 Å². The third kappa shape index (κ3) is 3.74. The van der Waals surface area contributed by atoms with Gasteiger partial charge in [0.25, 0.3) is 0 Å². The molecule has 1 aromatic rings. The van der Waals surface area contributed by atoms with Gasteiger partial charge in [-0.25, -0.2) is 0 Å². The Morgan fingerprint density at radius 3 is 2.84 bits per heavy atom. The Labute approximate surface area is 148 Å². The number of carbonyl (C=O) groups is 1. The Morgan fingerprint density at radius 1 is 1.48 bits per heavy atom. The number of alkyl halides is 3. The summed E-state index contributed by atoms with van der Waals surface area (Å²) in [4.78, 5) is 13.8. The molecule has 1 aliphatic carbocycles. The molecule has 0 bridgehead atoms. The first-order valence-electron chi connectivity index (χ1n) is 8.12. The van der Waals surface area contributed by atoms with Crippen molar-refractivity contribution >= 4 is 17.7 Å². The minimum absolute atomic E-state index is 0.0276. The van der Waals surface area contributed by atoms with E-state index in [4.69, 9.17) is 4.74 Å². The number of ether oxygens (including phenoxy) is 1. The van der Waals surface area contributed by atoms with E-state index in [2.05, 4.69) is 0 Å². The van der Waals surface area contributed by atoms with Crippen molar-refractivity contribution in [1.29, 1.82) is 0 Å². The van der Waals surface area contributed by atoms with E-state index in [-0.39, 0.29) is 28.3 Å². The van der Waals surface area contributed by atoms with E-state index in [1.165, 1.54) is 19.2 Å². The third-order valence-electron chi connectivity index (χ3n) is 5.23. The van der Waals surface area contributed by atoms with Crippen molar-refractivity contribution in [2.45, 2.75) is 36.2 Å². The molecule has 1 aliphatic heterocycles. The zero-order valence-corrected chi connectivity index (χ0v) is 14.6. The number of halogens is 3. The summed E-state index contributed by atoms with van der Waals surface area (Å²) in [5.74, 6) is -0.431. The lowest BCUT2D eigenvalue weighted by Crippen LogP contribution is -2.35. The second-order valence-electron chi connectivity index (χ2n) is 6.75. The smallest absolute Gasteiger partial charge is 0.446 e. The largest absolute Gasteiger partial charge is 0.496 e. The standard InChI is InChI=1S/C17H20F3NO3S/c1-24-13-5-4-11(7-14(13)25-17(18,19)20)8-21-9-12-3-2-6-16(12,10-21)15(22)23/h4-5,7,12H,2-3,6,8-10H2,1H3,(H,22,23)/t12-,16+/m0/s1. The molecule has 0 unspecified atom stereocenters. The lowest BCUT2D eigenvalue weighted by Gasteiger charge is -2.23. The van der Waals surface area contributed by atoms with Gasteiger partial charge in [0.1, 0.15) is 5.75 Å². The average Bonchev–Trinajstić information content (AvgIpc) is 3.03. The second kappa shape index (κ2) is 6.72. The van der Waals surface area contributed by atoms with Crippen LogP contribution in [0.3, 0.4) is 0 Å². The molecule has 3 rings (SSSR count). The van der Waals surface area contributed by atoms with Gasteiger partial charge in [-0.2, -0.15) is 13.2 Å². The predicted molar refractivity (Wildman–Crippen MR) is 87.6 cm³/mol. The van der Waals surface area contributed by atoms with Crippen LogP contribution < -0.4 is 4.74 Å². The number of fused-ring (bicyclic) bond motifs is 1. The Hall–Kier alpha value is -1.41. The van der Waals surface area contributed by atoms with E-state index in [0.717, 1.165) is 18.4 Å². The molecule has 1 saturated carbocycles. The molecule has 0 radical (unpaired) electrons. The lowest BCUT2D eigenvalue weighted by molar-refractivity contribution is -0.149. The first-order chi connectivity index (χ1) is 11.7. The number of rotatable bonds is 5. The van der Waals surface area contributed by atoms with Crippen LogP contribution in [0.1, 0.15) is 24.8 Å². The molecule has 8 heteroatoms. The molecule has 0 spiro atoms. The summed E-state index contributed by atoms with van der Waals surface area (Å²) < 4.78 is 43.2. The number of carboxylic acid groups (broad SMARTS) is 1. The minimum Gasteiger partial charge on any atom is -0.496 e. The predicted octanol–water partition coefficient (Wildman–Crippen LogP) is 3.99. The van der Waals surface area contributed by atoms with Gasteiger partial charge in [0, 0.05) is 19.6 Å². The van der Waals surface area contributed by atoms with Crippen LogP contribution >= 0.6 is 11.8 Å². The number of nitrogens with zero attached hydrogens (tertiary/aromatic N) is 1. The van der Waals surface area contributed by atoms with E-state index in [1.54, 1.807) is 6.07 Å². The highest BCUT2D eigenvalue weighted by molar-refractivity contribution is 8.00. The van der Waals surface area contributed by atoms with Crippen LogP contribution in [0.4, 0.5) is 13.2 Å². The van der Waals surface area contributed by atoms with Crippen molar-refractivity contribution in [3.8, 4) is 5.75 Å². The maximum Gasteiger partial charge on any atom is 0.446 e. The molecule has 1 aromatic carbocycles. The summed E-state index contributed by atoms with van der Waals surface area (Å²) in [7, 11) is 1.34. The van der Waals surface area contributed by atoms with Crippen LogP contribution in [-0.4, -0.2) is 41.7 Å². The average molecular weight is 375 g/mol. The highest BCUT2D eigenvalue weighted by Gasteiger charge is 2.54. The van der Waals surface area contributed by atoms with Crippen LogP contribution in [0.25, 0.3) is 0 Å². The van der Waals surface area contributed by atoms with Crippen LogP contribution in [0, 0.1) is 11.3 Å². The summed E-state index contributed by atoms with van der Waals surface area (Å²) >= 11 is -0.193. The van der Waals surface area contributed by atoms with E-state index in [9.17, 15) is 23.1 Å². The molecule has 1 heterocycles. The normalized spacial score (nSPS) is 26.6. The summed E-state index contributed by atoms with van der Waals surface area (Å²) in [5.41, 5.74) is -4.34. The maximum absolute atomic E-state index is 12.7. The zero-order valence-electron chi connectivity index (χ0n) is 13.8. The van der Waals surface area contributed by atoms with E-state index in [1.807, 2.05) is 4.90 Å². The summed E-state index contributed by atoms with van der Waals surface area (Å²) in [5, 5.41) is 9.63. The van der Waals surface area contributed by atoms with E-state index < -0.39 is 16.9 Å². The fourth-order valence-corrected chi connectivity index (χ4v) is 4.86. The van der Waals surface area contributed by atoms with Gasteiger partial charge in [0.05, 0.1) is 17.4 Å². The minimum atomic E-state index is -4.38. The zero-order chi connectivity index (χ0) is 18.2. The number of methoxy groups -OCH3 is 1. The fourth-order valence-electron chi connectivity index (χ4n) is 4.15. The van der Waals surface area contributed by atoms with E-state index in [0.29, 0.717) is 26.1 Å². The number of benzene rings is 1. The van der Waals surface area contributed by atoms with Crippen molar-refractivity contribution in [1.82, 2.24) is 4.90 Å². The van der Waals surface area contributed by atoms with Crippen molar-refractivity contribution in [2.24, 2.45) is 11.3 Å². The quantitative estimate of drug-likeness (QED) is 0.789. The molecule has 4 nitrogen and oxygen atoms in total. The summed E-state index contributed by atoms with van der Waals surface area (Å²) in [6.07, 6.45) is 2.52. The van der Waals surface area contributed by atoms with Gasteiger partial charge >= 0.3 is 11.5 Å². The Balaban J connectivity index is 1.76.